The van der Waals surface area contributed by atoms with Crippen LogP contribution in [0.4, 0.5) is 4.39 Å². The maximum atomic E-state index is 11.9. The quantitative estimate of drug-likeness (QED) is 0.537. The SMILES string of the molecule is CCCCC([CH]F)CC. The van der Waals surface area contributed by atoms with Gasteiger partial charge >= 0.3 is 0 Å². The van der Waals surface area contributed by atoms with Crippen LogP contribution in [0.3, 0.4) is 0 Å². The molecule has 1 heteroatoms. The third kappa shape index (κ3) is 4.43. The maximum absolute atomic E-state index is 11.9. The molecule has 0 saturated carbocycles. The minimum absolute atomic E-state index is 0.213. The van der Waals surface area contributed by atoms with E-state index in [4.69, 9.17) is 0 Å². The van der Waals surface area contributed by atoms with Crippen LogP contribution in [0.2, 0.25) is 0 Å². The largest absolute Gasteiger partial charge is 0.244 e. The second-order valence-electron chi connectivity index (χ2n) is 2.44. The van der Waals surface area contributed by atoms with Crippen molar-refractivity contribution in [2.24, 2.45) is 5.92 Å². The topological polar surface area (TPSA) is 0 Å². The first-order chi connectivity index (χ1) is 4.35. The lowest BCUT2D eigenvalue weighted by molar-refractivity contribution is 0.406. The van der Waals surface area contributed by atoms with Gasteiger partial charge in [0, 0.05) is 0 Å². The summed E-state index contributed by atoms with van der Waals surface area (Å²) in [4.78, 5) is 0. The summed E-state index contributed by atoms with van der Waals surface area (Å²) >= 11 is 0. The van der Waals surface area contributed by atoms with E-state index in [1.807, 2.05) is 6.92 Å². The van der Waals surface area contributed by atoms with Crippen molar-refractivity contribution in [3.05, 3.63) is 6.67 Å². The molecule has 55 valence electrons. The van der Waals surface area contributed by atoms with Crippen molar-refractivity contribution in [2.75, 3.05) is 0 Å². The van der Waals surface area contributed by atoms with Crippen LogP contribution in [0.15, 0.2) is 0 Å². The van der Waals surface area contributed by atoms with Gasteiger partial charge in [-0.15, -0.1) is 0 Å². The van der Waals surface area contributed by atoms with Crippen molar-refractivity contribution in [1.29, 1.82) is 0 Å². The smallest absolute Gasteiger partial charge is 0.134 e. The Morgan fingerprint density at radius 2 is 2.11 bits per heavy atom. The third-order valence-electron chi connectivity index (χ3n) is 1.63. The van der Waals surface area contributed by atoms with Crippen LogP contribution in [0.5, 0.6) is 0 Å². The Bertz CT molecular complexity index is 48.5. The molecule has 1 atom stereocenters. The summed E-state index contributed by atoms with van der Waals surface area (Å²) in [5, 5.41) is 0. The Hall–Kier alpha value is -0.0700. The summed E-state index contributed by atoms with van der Waals surface area (Å²) in [6.45, 7) is 4.98. The molecule has 0 rings (SSSR count). The molecule has 0 aromatic heterocycles. The number of hydrogen-bond donors (Lipinski definition) is 0. The first-order valence-electron chi connectivity index (χ1n) is 3.78. The Morgan fingerprint density at radius 3 is 2.44 bits per heavy atom. The minimum Gasteiger partial charge on any atom is -0.244 e. The summed E-state index contributed by atoms with van der Waals surface area (Å²) in [6, 6.07) is 0. The van der Waals surface area contributed by atoms with Gasteiger partial charge in [0.05, 0.1) is 0 Å². The van der Waals surface area contributed by atoms with Gasteiger partial charge in [-0.3, -0.25) is 0 Å². The zero-order chi connectivity index (χ0) is 7.11. The number of rotatable bonds is 5. The molecule has 0 aliphatic heterocycles. The predicted octanol–water partition coefficient (Wildman–Crippen LogP) is 3.33. The van der Waals surface area contributed by atoms with Gasteiger partial charge in [0.25, 0.3) is 0 Å². The first-order valence-corrected chi connectivity index (χ1v) is 3.78. The number of unbranched alkanes of at least 4 members (excludes halogenated alkanes) is 1. The Labute approximate surface area is 57.5 Å². The molecule has 1 unspecified atom stereocenters. The van der Waals surface area contributed by atoms with Crippen LogP contribution in [0.1, 0.15) is 39.5 Å². The zero-order valence-electron chi connectivity index (χ0n) is 6.36. The number of hydrogen-bond acceptors (Lipinski definition) is 0. The molecule has 0 heterocycles. The molecule has 0 amide bonds. The first kappa shape index (κ1) is 8.93. The van der Waals surface area contributed by atoms with E-state index < -0.39 is 0 Å². The molecule has 1 radical (unpaired) electrons. The fraction of sp³-hybridized carbons (Fsp3) is 0.875. The highest BCUT2D eigenvalue weighted by Crippen LogP contribution is 2.15. The summed E-state index contributed by atoms with van der Waals surface area (Å²) in [6.07, 6.45) is 4.28. The molecule has 0 aromatic rings. The minimum atomic E-state index is 0.213. The van der Waals surface area contributed by atoms with Crippen LogP contribution in [0, 0.1) is 12.6 Å². The van der Waals surface area contributed by atoms with Gasteiger partial charge in [0.15, 0.2) is 0 Å². The highest BCUT2D eigenvalue weighted by Gasteiger charge is 2.03. The average molecular weight is 131 g/mol. The molecule has 0 aliphatic carbocycles. The molecule has 9 heavy (non-hydrogen) atoms. The van der Waals surface area contributed by atoms with E-state index in [-0.39, 0.29) is 5.92 Å². The molecule has 0 saturated heterocycles. The highest BCUT2D eigenvalue weighted by molar-refractivity contribution is 4.63. The van der Waals surface area contributed by atoms with E-state index in [1.54, 1.807) is 0 Å². The summed E-state index contributed by atoms with van der Waals surface area (Å²) in [5.74, 6) is 0.213. The Morgan fingerprint density at radius 1 is 1.44 bits per heavy atom. The second-order valence-corrected chi connectivity index (χ2v) is 2.44. The molecule has 0 N–H and O–H groups in total. The van der Waals surface area contributed by atoms with E-state index in [2.05, 4.69) is 6.92 Å². The van der Waals surface area contributed by atoms with Gasteiger partial charge in [0.2, 0.25) is 0 Å². The summed E-state index contributed by atoms with van der Waals surface area (Å²) in [7, 11) is 0. The second kappa shape index (κ2) is 6.06. The van der Waals surface area contributed by atoms with Crippen molar-refractivity contribution in [3.63, 3.8) is 0 Å². The summed E-state index contributed by atoms with van der Waals surface area (Å²) < 4.78 is 11.9. The van der Waals surface area contributed by atoms with Gasteiger partial charge < -0.3 is 0 Å². The standard InChI is InChI=1S/C8H16F/c1-3-5-6-8(4-2)7-9/h7-8H,3-6H2,1-2H3. The lowest BCUT2D eigenvalue weighted by Crippen LogP contribution is -1.95. The molecule has 0 bridgehead atoms. The third-order valence-corrected chi connectivity index (χ3v) is 1.63. The maximum Gasteiger partial charge on any atom is 0.134 e. The van der Waals surface area contributed by atoms with Crippen LogP contribution < -0.4 is 0 Å². The van der Waals surface area contributed by atoms with Gasteiger partial charge in [-0.2, -0.15) is 0 Å². The van der Waals surface area contributed by atoms with Crippen molar-refractivity contribution >= 4 is 0 Å². The molecule has 0 fully saturated rings. The normalized spacial score (nSPS) is 13.7. The Kier molecular flexibility index (Phi) is 6.01. The molecule has 0 aliphatic rings. The van der Waals surface area contributed by atoms with E-state index >= 15 is 0 Å². The van der Waals surface area contributed by atoms with E-state index in [0.717, 1.165) is 25.9 Å². The highest BCUT2D eigenvalue weighted by atomic mass is 19.1. The fourth-order valence-electron chi connectivity index (χ4n) is 0.823. The van der Waals surface area contributed by atoms with Gasteiger partial charge in [-0.1, -0.05) is 33.1 Å². The van der Waals surface area contributed by atoms with Gasteiger partial charge in [-0.05, 0) is 12.3 Å². The lowest BCUT2D eigenvalue weighted by atomic mass is 10.0. The molecule has 0 aromatic carbocycles. The molecular formula is C8H16F. The van der Waals surface area contributed by atoms with Crippen molar-refractivity contribution in [2.45, 2.75) is 39.5 Å². The zero-order valence-corrected chi connectivity index (χ0v) is 6.36. The van der Waals surface area contributed by atoms with Crippen LogP contribution >= 0.6 is 0 Å². The number of halogens is 1. The van der Waals surface area contributed by atoms with Crippen molar-refractivity contribution < 1.29 is 4.39 Å². The van der Waals surface area contributed by atoms with Crippen molar-refractivity contribution in [3.8, 4) is 0 Å². The molecular weight excluding hydrogens is 115 g/mol. The van der Waals surface area contributed by atoms with Crippen LogP contribution in [-0.4, -0.2) is 0 Å². The fourth-order valence-corrected chi connectivity index (χ4v) is 0.823. The van der Waals surface area contributed by atoms with Gasteiger partial charge in [-0.25, -0.2) is 4.39 Å². The van der Waals surface area contributed by atoms with E-state index in [9.17, 15) is 4.39 Å². The van der Waals surface area contributed by atoms with Crippen LogP contribution in [0.25, 0.3) is 0 Å². The molecule has 0 nitrogen and oxygen atoms in total. The van der Waals surface area contributed by atoms with Crippen molar-refractivity contribution in [1.82, 2.24) is 0 Å². The lowest BCUT2D eigenvalue weighted by Gasteiger charge is -2.06. The van der Waals surface area contributed by atoms with Crippen LogP contribution in [-0.2, 0) is 0 Å². The van der Waals surface area contributed by atoms with E-state index in [0.29, 0.717) is 0 Å². The average Bonchev–Trinajstić information content (AvgIpc) is 1.91. The van der Waals surface area contributed by atoms with Gasteiger partial charge in [0.1, 0.15) is 6.67 Å². The Balaban J connectivity index is 3.09. The predicted molar refractivity (Wildman–Crippen MR) is 38.7 cm³/mol. The molecule has 0 spiro atoms. The van der Waals surface area contributed by atoms with E-state index in [1.165, 1.54) is 6.42 Å². The summed E-state index contributed by atoms with van der Waals surface area (Å²) in [5.41, 5.74) is 0. The monoisotopic (exact) mass is 131 g/mol.